The minimum atomic E-state index is -0.898. The van der Waals surface area contributed by atoms with Crippen LogP contribution in [0.3, 0.4) is 0 Å². The van der Waals surface area contributed by atoms with Crippen LogP contribution in [0.15, 0.2) is 5.11 Å². The van der Waals surface area contributed by atoms with Crippen LogP contribution in [0.4, 0.5) is 0 Å². The maximum Gasteiger partial charge on any atom is 0.318 e. The van der Waals surface area contributed by atoms with Crippen molar-refractivity contribution in [1.29, 1.82) is 0 Å². The molecule has 0 heterocycles. The molecule has 0 amide bonds. The number of rotatable bonds is 3. The van der Waals surface area contributed by atoms with Gasteiger partial charge in [-0.05, 0) is 25.3 Å². The molecular weight excluding hydrogens is 170 g/mol. The summed E-state index contributed by atoms with van der Waals surface area (Å²) in [6.45, 7) is 2.08. The molecule has 0 radical (unpaired) electrons. The monoisotopic (exact) mass is 194 g/mol. The van der Waals surface area contributed by atoms with Crippen LogP contribution >= 0.6 is 0 Å². The molecule has 1 rings (SSSR count). The molecule has 1 aliphatic carbocycles. The highest BCUT2D eigenvalue weighted by Gasteiger charge is 2.41. The molecule has 5 nitrogen and oxygen atoms in total. The van der Waals surface area contributed by atoms with Gasteiger partial charge in [-0.15, -0.1) is 0 Å². The fraction of sp³-hybridized carbons (Fsp3) is 0.875. The fourth-order valence-electron chi connectivity index (χ4n) is 1.66. The SMILES string of the molecule is CCOC(=O)C1(N=[N+]=[N-])CCCC1.[2HH].[2H][2H].[2H][2H]. The molecule has 0 aromatic carbocycles. The Kier molecular flexibility index (Phi) is 2.30. The molecule has 1 fully saturated rings. The molecule has 0 N–H and O–H groups in total. The fourth-order valence-corrected chi connectivity index (χ4v) is 1.66. The van der Waals surface area contributed by atoms with Gasteiger partial charge in [-0.2, -0.15) is 0 Å². The zero-order chi connectivity index (χ0) is 13.7. The number of azide groups is 1. The summed E-state index contributed by atoms with van der Waals surface area (Å²) >= 11 is 0. The highest BCUT2D eigenvalue weighted by molar-refractivity contribution is 5.81. The summed E-state index contributed by atoms with van der Waals surface area (Å²) < 4.78 is 24.9. The van der Waals surface area contributed by atoms with E-state index in [2.05, 4.69) is 10.0 Å². The van der Waals surface area contributed by atoms with Crippen LogP contribution in [0.2, 0.25) is 0 Å². The van der Waals surface area contributed by atoms with Crippen molar-refractivity contribution >= 4 is 5.97 Å². The van der Waals surface area contributed by atoms with Crippen molar-refractivity contribution in [2.24, 2.45) is 5.11 Å². The summed E-state index contributed by atoms with van der Waals surface area (Å²) in [5, 5.41) is 3.58. The predicted molar refractivity (Wildman–Crippen MR) is 53.3 cm³/mol. The van der Waals surface area contributed by atoms with Crippen molar-refractivity contribution in [3.05, 3.63) is 10.4 Å². The average Bonchev–Trinajstić information content (AvgIpc) is 2.85. The van der Waals surface area contributed by atoms with Gasteiger partial charge in [-0.3, -0.25) is 4.79 Å². The van der Waals surface area contributed by atoms with Gasteiger partial charge < -0.3 is 4.74 Å². The van der Waals surface area contributed by atoms with E-state index in [9.17, 15) is 4.79 Å². The van der Waals surface area contributed by atoms with Crippen LogP contribution in [0.1, 0.15) is 40.0 Å². The highest BCUT2D eigenvalue weighted by Crippen LogP contribution is 2.34. The zero-order valence-corrected chi connectivity index (χ0v) is 7.69. The lowest BCUT2D eigenvalue weighted by Gasteiger charge is -2.19. The molecule has 0 aliphatic heterocycles. The Morgan fingerprint density at radius 2 is 2.38 bits per heavy atom. The van der Waals surface area contributed by atoms with Gasteiger partial charge in [0.05, 0.1) is 6.61 Å². The summed E-state index contributed by atoms with van der Waals surface area (Å²) in [4.78, 5) is 14.2. The Hall–Kier alpha value is -1.22. The second-order valence-electron chi connectivity index (χ2n) is 3.15. The Labute approximate surface area is 84.4 Å². The van der Waals surface area contributed by atoms with Crippen molar-refractivity contribution in [3.8, 4) is 0 Å². The molecule has 0 spiro atoms. The molecule has 78 valence electrons. The number of carbonyl (C=O) groups excluding carboxylic acids is 1. The quantitative estimate of drug-likeness (QED) is 0.300. The summed E-state index contributed by atoms with van der Waals surface area (Å²) in [6, 6.07) is 0. The van der Waals surface area contributed by atoms with E-state index in [1.165, 1.54) is 0 Å². The van der Waals surface area contributed by atoms with E-state index in [4.69, 9.17) is 16.2 Å². The summed E-state index contributed by atoms with van der Waals surface area (Å²) in [5.74, 6) is -0.370. The van der Waals surface area contributed by atoms with Crippen LogP contribution in [0.5, 0.6) is 0 Å². The number of hydrogen-bond donors (Lipinski definition) is 0. The van der Waals surface area contributed by atoms with Crippen molar-refractivity contribution in [2.45, 2.75) is 38.1 Å². The van der Waals surface area contributed by atoms with Gasteiger partial charge >= 0.3 is 5.97 Å². The molecular formula is C8H19N3O2. The third kappa shape index (κ3) is 1.92. The molecule has 1 aliphatic rings. The van der Waals surface area contributed by atoms with Crippen LogP contribution in [0.25, 0.3) is 10.4 Å². The maximum absolute atomic E-state index is 11.5. The minimum absolute atomic E-state index is 0. The number of ether oxygens (including phenoxy) is 1. The van der Waals surface area contributed by atoms with Crippen LogP contribution in [0, 0.1) is 0 Å². The van der Waals surface area contributed by atoms with Gasteiger partial charge in [-0.1, -0.05) is 18.0 Å². The van der Waals surface area contributed by atoms with Crippen molar-refractivity contribution in [1.82, 2.24) is 0 Å². The van der Waals surface area contributed by atoms with E-state index >= 15 is 0 Å². The van der Waals surface area contributed by atoms with Gasteiger partial charge in [0.2, 0.25) is 0 Å². The van der Waals surface area contributed by atoms with E-state index in [0.717, 1.165) is 12.8 Å². The molecule has 0 bridgehead atoms. The summed E-state index contributed by atoms with van der Waals surface area (Å²) in [7, 11) is 0. The maximum atomic E-state index is 11.5. The first kappa shape index (κ1) is 7.21. The Bertz CT molecular complexity index is 255. The number of hydrogen-bond acceptors (Lipinski definition) is 3. The smallest absolute Gasteiger partial charge is 0.318 e. The third-order valence-corrected chi connectivity index (χ3v) is 2.32. The molecule has 0 atom stereocenters. The first-order chi connectivity index (χ1) is 8.25. The lowest BCUT2D eigenvalue weighted by molar-refractivity contribution is -0.149. The normalized spacial score (nSPS) is 20.4. The molecule has 0 aromatic heterocycles. The van der Waals surface area contributed by atoms with Gasteiger partial charge in [0.25, 0.3) is 0 Å². The summed E-state index contributed by atoms with van der Waals surface area (Å²) in [5.41, 5.74) is 7.46. The van der Waals surface area contributed by atoms with Crippen molar-refractivity contribution < 1.29 is 16.9 Å². The van der Waals surface area contributed by atoms with Gasteiger partial charge in [-0.25, -0.2) is 0 Å². The molecule has 0 saturated heterocycles. The summed E-state index contributed by atoms with van der Waals surface area (Å²) in [6.07, 6.45) is 3.10. The van der Waals surface area contributed by atoms with E-state index in [1.807, 2.05) is 0 Å². The Morgan fingerprint density at radius 1 is 1.77 bits per heavy atom. The molecule has 0 aromatic rings. The standard InChI is InChI=1S/C8H13N3O2.3H2/c1-2-13-7(12)8(10-11-9)5-3-4-6-8;;;/h2-6H2,1H3;3*1H/i;2*1+1D;1+1. The molecule has 0 unspecified atom stereocenters. The van der Waals surface area contributed by atoms with Crippen molar-refractivity contribution in [3.63, 3.8) is 0 Å². The molecule has 1 saturated carbocycles. The van der Waals surface area contributed by atoms with Crippen LogP contribution in [-0.4, -0.2) is 18.1 Å². The van der Waals surface area contributed by atoms with Gasteiger partial charge in [0.1, 0.15) is 5.54 Å². The van der Waals surface area contributed by atoms with E-state index in [-0.39, 0.29) is 7.40 Å². The number of esters is 1. The first-order valence-corrected chi connectivity index (χ1v) is 4.48. The topological polar surface area (TPSA) is 75.1 Å². The van der Waals surface area contributed by atoms with E-state index < -0.39 is 5.54 Å². The number of carbonyl (C=O) groups is 1. The Balaban J connectivity index is -0.000000409. The number of nitrogens with zero attached hydrogens (tertiary/aromatic N) is 3. The predicted octanol–water partition coefficient (Wildman–Crippen LogP) is 2.91. The average molecular weight is 194 g/mol. The molecule has 5 heteroatoms. The minimum Gasteiger partial charge on any atom is -0.465 e. The van der Waals surface area contributed by atoms with Gasteiger partial charge in [0.15, 0.2) is 0 Å². The lowest BCUT2D eigenvalue weighted by Crippen LogP contribution is -2.34. The van der Waals surface area contributed by atoms with Crippen molar-refractivity contribution in [2.75, 3.05) is 6.61 Å². The van der Waals surface area contributed by atoms with Gasteiger partial charge in [0, 0.05) is 12.3 Å². The highest BCUT2D eigenvalue weighted by atomic mass is 16.5. The second-order valence-corrected chi connectivity index (χ2v) is 3.15. The largest absolute Gasteiger partial charge is 0.465 e. The zero-order valence-electron chi connectivity index (χ0n) is 11.7. The van der Waals surface area contributed by atoms with Crippen LogP contribution in [-0.2, 0) is 9.53 Å². The lowest BCUT2D eigenvalue weighted by atomic mass is 10.00. The molecule has 13 heavy (non-hydrogen) atoms. The first-order valence-electron chi connectivity index (χ1n) is 6.48. The Morgan fingerprint density at radius 3 is 2.85 bits per heavy atom. The third-order valence-electron chi connectivity index (χ3n) is 2.32. The van der Waals surface area contributed by atoms with E-state index in [0.29, 0.717) is 19.4 Å². The van der Waals surface area contributed by atoms with E-state index in [1.54, 1.807) is 6.92 Å². The second kappa shape index (κ2) is 4.14. The van der Waals surface area contributed by atoms with Crippen LogP contribution < -0.4 is 0 Å².